The van der Waals surface area contributed by atoms with E-state index in [4.69, 9.17) is 9.84 Å². The van der Waals surface area contributed by atoms with Crippen LogP contribution in [0.1, 0.15) is 30.4 Å². The number of ether oxygens (including phenoxy) is 1. The molecule has 7 nitrogen and oxygen atoms in total. The summed E-state index contributed by atoms with van der Waals surface area (Å²) in [7, 11) is 0. The summed E-state index contributed by atoms with van der Waals surface area (Å²) < 4.78 is 5.55. The molecule has 170 valence electrons. The molecule has 0 bridgehead atoms. The van der Waals surface area contributed by atoms with Crippen molar-refractivity contribution in [3.8, 4) is 11.1 Å². The van der Waals surface area contributed by atoms with Crippen LogP contribution in [0, 0.1) is 0 Å². The van der Waals surface area contributed by atoms with Crippen LogP contribution in [-0.4, -0.2) is 65.7 Å². The smallest absolute Gasteiger partial charge is 0.407 e. The Hall–Kier alpha value is -3.00. The molecular weight excluding hydrogens is 428 g/mol. The van der Waals surface area contributed by atoms with Gasteiger partial charge < -0.3 is 20.1 Å². The van der Waals surface area contributed by atoms with Crippen LogP contribution in [0.4, 0.5) is 4.79 Å². The molecule has 0 radical (unpaired) electrons. The van der Waals surface area contributed by atoms with E-state index in [1.54, 1.807) is 18.7 Å². The molecule has 0 fully saturated rings. The SMILES string of the molecule is CCN(CC(=O)O)C(=O)C(CCSC)NC(=O)OCC1c2ccccc2-c2ccccc21. The number of hydrogen-bond donors (Lipinski definition) is 2. The van der Waals surface area contributed by atoms with Crippen molar-refractivity contribution in [2.45, 2.75) is 25.3 Å². The first kappa shape index (κ1) is 23.7. The van der Waals surface area contributed by atoms with Gasteiger partial charge in [-0.3, -0.25) is 9.59 Å². The maximum atomic E-state index is 12.8. The lowest BCUT2D eigenvalue weighted by molar-refractivity contribution is -0.145. The second-order valence-corrected chi connectivity index (χ2v) is 8.54. The summed E-state index contributed by atoms with van der Waals surface area (Å²) >= 11 is 1.55. The second-order valence-electron chi connectivity index (χ2n) is 7.55. The molecule has 1 atom stereocenters. The molecule has 1 aliphatic rings. The predicted molar refractivity (Wildman–Crippen MR) is 125 cm³/mol. The Morgan fingerprint density at radius 3 is 2.22 bits per heavy atom. The van der Waals surface area contributed by atoms with E-state index < -0.39 is 30.6 Å². The molecule has 0 saturated heterocycles. The summed E-state index contributed by atoms with van der Waals surface area (Å²) in [5, 5.41) is 11.7. The first-order valence-electron chi connectivity index (χ1n) is 10.6. The van der Waals surface area contributed by atoms with Gasteiger partial charge in [0.05, 0.1) is 0 Å². The molecule has 8 heteroatoms. The average molecular weight is 457 g/mol. The average Bonchev–Trinajstić information content (AvgIpc) is 3.12. The van der Waals surface area contributed by atoms with E-state index in [0.717, 1.165) is 22.3 Å². The number of likely N-dealkylation sites (N-methyl/N-ethyl adjacent to an activating group) is 1. The summed E-state index contributed by atoms with van der Waals surface area (Å²) in [6.45, 7) is 1.69. The standard InChI is InChI=1S/C24H28N2O5S/c1-3-26(14-22(27)28)23(29)21(12-13-32-2)25-24(30)31-15-20-18-10-6-4-8-16(18)17-9-5-7-11-19(17)20/h4-11,20-21H,3,12-15H2,1-2H3,(H,25,30)(H,27,28). The van der Waals surface area contributed by atoms with Crippen molar-refractivity contribution in [1.82, 2.24) is 10.2 Å². The lowest BCUT2D eigenvalue weighted by atomic mass is 9.98. The van der Waals surface area contributed by atoms with Crippen molar-refractivity contribution in [3.05, 3.63) is 59.7 Å². The zero-order valence-electron chi connectivity index (χ0n) is 18.2. The molecule has 0 saturated carbocycles. The molecular formula is C24H28N2O5S. The Labute approximate surface area is 192 Å². The molecule has 2 N–H and O–H groups in total. The van der Waals surface area contributed by atoms with Gasteiger partial charge in [-0.05, 0) is 47.6 Å². The number of nitrogens with one attached hydrogen (secondary N) is 1. The number of amides is 2. The Kier molecular flexibility index (Phi) is 8.16. The van der Waals surface area contributed by atoms with Gasteiger partial charge in [0.25, 0.3) is 0 Å². The van der Waals surface area contributed by atoms with Gasteiger partial charge in [-0.15, -0.1) is 0 Å². The Balaban J connectivity index is 1.68. The normalized spacial score (nSPS) is 13.1. The molecule has 3 rings (SSSR count). The highest BCUT2D eigenvalue weighted by molar-refractivity contribution is 7.98. The number of carboxylic acids is 1. The van der Waals surface area contributed by atoms with E-state index in [1.165, 1.54) is 4.90 Å². The first-order chi connectivity index (χ1) is 15.5. The molecule has 2 aromatic rings. The highest BCUT2D eigenvalue weighted by Crippen LogP contribution is 2.44. The second kappa shape index (κ2) is 11.0. The molecule has 1 unspecified atom stereocenters. The summed E-state index contributed by atoms with van der Waals surface area (Å²) in [5.74, 6) is -0.944. The summed E-state index contributed by atoms with van der Waals surface area (Å²) in [4.78, 5) is 37.7. The van der Waals surface area contributed by atoms with Crippen LogP contribution in [-0.2, 0) is 14.3 Å². The number of thioether (sulfide) groups is 1. The first-order valence-corrected chi connectivity index (χ1v) is 12.0. The molecule has 0 spiro atoms. The number of carbonyl (C=O) groups excluding carboxylic acids is 2. The minimum absolute atomic E-state index is 0.0763. The number of nitrogens with zero attached hydrogens (tertiary/aromatic N) is 1. The number of benzene rings is 2. The molecule has 2 amide bonds. The molecule has 2 aromatic carbocycles. The van der Waals surface area contributed by atoms with Gasteiger partial charge in [0.2, 0.25) is 5.91 Å². The van der Waals surface area contributed by atoms with E-state index in [2.05, 4.69) is 17.4 Å². The van der Waals surface area contributed by atoms with Crippen LogP contribution < -0.4 is 5.32 Å². The zero-order chi connectivity index (χ0) is 23.1. The maximum absolute atomic E-state index is 12.8. The van der Waals surface area contributed by atoms with Crippen molar-refractivity contribution >= 4 is 29.7 Å². The quantitative estimate of drug-likeness (QED) is 0.567. The van der Waals surface area contributed by atoms with E-state index in [0.29, 0.717) is 12.2 Å². The van der Waals surface area contributed by atoms with Crippen LogP contribution in [0.3, 0.4) is 0 Å². The van der Waals surface area contributed by atoms with Crippen molar-refractivity contribution < 1.29 is 24.2 Å². The van der Waals surface area contributed by atoms with Crippen LogP contribution >= 0.6 is 11.8 Å². The van der Waals surface area contributed by atoms with Crippen molar-refractivity contribution in [1.29, 1.82) is 0 Å². The lowest BCUT2D eigenvalue weighted by Gasteiger charge is -2.25. The molecule has 32 heavy (non-hydrogen) atoms. The van der Waals surface area contributed by atoms with Gasteiger partial charge >= 0.3 is 12.1 Å². The maximum Gasteiger partial charge on any atom is 0.407 e. The number of rotatable bonds is 10. The summed E-state index contributed by atoms with van der Waals surface area (Å²) in [6, 6.07) is 15.3. The van der Waals surface area contributed by atoms with Gasteiger partial charge in [0.15, 0.2) is 0 Å². The number of aliphatic carboxylic acids is 1. The highest BCUT2D eigenvalue weighted by atomic mass is 32.2. The van der Waals surface area contributed by atoms with Gasteiger partial charge in [-0.2, -0.15) is 11.8 Å². The fraction of sp³-hybridized carbons (Fsp3) is 0.375. The van der Waals surface area contributed by atoms with Crippen LogP contribution in [0.15, 0.2) is 48.5 Å². The lowest BCUT2D eigenvalue weighted by Crippen LogP contribution is -2.50. The molecule has 0 aromatic heterocycles. The fourth-order valence-corrected chi connectivity index (χ4v) is 4.48. The minimum atomic E-state index is -1.09. The van der Waals surface area contributed by atoms with Gasteiger partial charge in [-0.25, -0.2) is 4.79 Å². The van der Waals surface area contributed by atoms with Crippen LogP contribution in [0.2, 0.25) is 0 Å². The number of carboxylic acid groups (broad SMARTS) is 1. The zero-order valence-corrected chi connectivity index (χ0v) is 19.1. The van der Waals surface area contributed by atoms with Gasteiger partial charge in [0.1, 0.15) is 19.2 Å². The van der Waals surface area contributed by atoms with Crippen LogP contribution in [0.25, 0.3) is 11.1 Å². The fourth-order valence-electron chi connectivity index (χ4n) is 4.00. The Morgan fingerprint density at radius 1 is 1.09 bits per heavy atom. The van der Waals surface area contributed by atoms with E-state index in [-0.39, 0.29) is 19.1 Å². The minimum Gasteiger partial charge on any atom is -0.480 e. The predicted octanol–water partition coefficient (Wildman–Crippen LogP) is 3.58. The van der Waals surface area contributed by atoms with E-state index in [1.807, 2.05) is 42.7 Å². The third-order valence-corrected chi connectivity index (χ3v) is 6.21. The molecule has 1 aliphatic carbocycles. The topological polar surface area (TPSA) is 95.9 Å². The molecule has 0 aliphatic heterocycles. The summed E-state index contributed by atoms with van der Waals surface area (Å²) in [5.41, 5.74) is 4.49. The number of fused-ring (bicyclic) bond motifs is 3. The van der Waals surface area contributed by atoms with Crippen molar-refractivity contribution in [2.75, 3.05) is 31.7 Å². The monoisotopic (exact) mass is 456 g/mol. The largest absolute Gasteiger partial charge is 0.480 e. The molecule has 0 heterocycles. The highest BCUT2D eigenvalue weighted by Gasteiger charge is 2.30. The van der Waals surface area contributed by atoms with Crippen LogP contribution in [0.5, 0.6) is 0 Å². The third-order valence-electron chi connectivity index (χ3n) is 5.56. The Morgan fingerprint density at radius 2 is 1.69 bits per heavy atom. The number of alkyl carbamates (subject to hydrolysis) is 1. The van der Waals surface area contributed by atoms with Crippen molar-refractivity contribution in [2.24, 2.45) is 0 Å². The number of carbonyl (C=O) groups is 3. The van der Waals surface area contributed by atoms with E-state index >= 15 is 0 Å². The van der Waals surface area contributed by atoms with Gasteiger partial charge in [-0.1, -0.05) is 48.5 Å². The Bertz CT molecular complexity index is 935. The third kappa shape index (κ3) is 5.43. The van der Waals surface area contributed by atoms with Crippen molar-refractivity contribution in [3.63, 3.8) is 0 Å². The van der Waals surface area contributed by atoms with E-state index in [9.17, 15) is 14.4 Å². The van der Waals surface area contributed by atoms with Gasteiger partial charge in [0, 0.05) is 12.5 Å². The summed E-state index contributed by atoms with van der Waals surface area (Å²) in [6.07, 6.45) is 1.61. The number of hydrogen-bond acceptors (Lipinski definition) is 5.